The summed E-state index contributed by atoms with van der Waals surface area (Å²) in [6, 6.07) is 9.23. The minimum Gasteiger partial charge on any atom is -1.00 e. The molecule has 0 atom stereocenters. The van der Waals surface area contributed by atoms with E-state index in [4.69, 9.17) is 5.11 Å². The van der Waals surface area contributed by atoms with Crippen LogP contribution in [0.4, 0.5) is 5.69 Å². The van der Waals surface area contributed by atoms with Crippen molar-refractivity contribution in [2.75, 3.05) is 11.9 Å². The molecular weight excluding hydrogens is 181 g/mol. The molecule has 1 aromatic rings. The summed E-state index contributed by atoms with van der Waals surface area (Å²) in [4.78, 5) is 10.1. The summed E-state index contributed by atoms with van der Waals surface area (Å²) in [6.07, 6.45) is 0. The van der Waals surface area contributed by atoms with Crippen molar-refractivity contribution in [1.29, 1.82) is 0 Å². The number of nitrogens with one attached hydrogen (secondary N) is 1. The zero-order valence-electron chi connectivity index (χ0n) is 7.95. The number of rotatable bonds is 3. The van der Waals surface area contributed by atoms with E-state index >= 15 is 0 Å². The first kappa shape index (κ1) is 12.1. The van der Waals surface area contributed by atoms with Crippen LogP contribution in [0.1, 0.15) is 1.43 Å². The van der Waals surface area contributed by atoms with Gasteiger partial charge in [-0.15, -0.1) is 0 Å². The molecule has 0 aromatic heterocycles. The summed E-state index contributed by atoms with van der Waals surface area (Å²) in [6.45, 7) is -0.0377. The molecule has 0 spiro atoms. The maximum Gasteiger partial charge on any atom is 1.00 e. The van der Waals surface area contributed by atoms with E-state index in [9.17, 15) is 4.79 Å². The van der Waals surface area contributed by atoms with Crippen molar-refractivity contribution >= 4 is 11.7 Å². The van der Waals surface area contributed by atoms with Gasteiger partial charge in [0.2, 0.25) is 0 Å². The monoisotopic (exact) mass is 191 g/mol. The van der Waals surface area contributed by atoms with Gasteiger partial charge < -0.3 is 11.8 Å². The number of carbonyl (C=O) groups is 1. The fourth-order valence-corrected chi connectivity index (χ4v) is 0.734. The Hall–Kier alpha value is 0.126. The summed E-state index contributed by atoms with van der Waals surface area (Å²) in [5.41, 5.74) is 0.829. The van der Waals surface area contributed by atoms with Crippen LogP contribution in [0, 0.1) is 0 Å². The topological polar surface area (TPSA) is 49.3 Å². The second-order valence-electron chi connectivity index (χ2n) is 2.11. The summed E-state index contributed by atoms with van der Waals surface area (Å²) in [5.74, 6) is -0.853. The van der Waals surface area contributed by atoms with E-state index in [0.717, 1.165) is 5.69 Å². The van der Waals surface area contributed by atoms with Gasteiger partial charge in [0, 0.05) is 5.69 Å². The van der Waals surface area contributed by atoms with E-state index in [2.05, 4.69) is 5.32 Å². The number of anilines is 1. The number of hydrogen-bond donors (Lipinski definition) is 2. The fourth-order valence-electron chi connectivity index (χ4n) is 0.734. The third-order valence-corrected chi connectivity index (χ3v) is 1.22. The van der Waals surface area contributed by atoms with Gasteiger partial charge in [-0.3, -0.25) is 4.79 Å². The third kappa shape index (κ3) is 4.90. The standard InChI is InChI=1S/C8H9NO2.K.H/c10-8(11)6-9-7-4-2-1-3-5-7;;/h1-5,9H,6H2,(H,10,11);;/q;+1;-1. The van der Waals surface area contributed by atoms with Crippen LogP contribution in [0.5, 0.6) is 0 Å². The molecule has 1 rings (SSSR count). The number of para-hydroxylation sites is 1. The molecule has 0 amide bonds. The normalized spacial score (nSPS) is 8.33. The second-order valence-corrected chi connectivity index (χ2v) is 2.11. The van der Waals surface area contributed by atoms with Crippen LogP contribution in [0.2, 0.25) is 0 Å². The van der Waals surface area contributed by atoms with Crippen LogP contribution in [0.25, 0.3) is 0 Å². The number of hydrogen-bond acceptors (Lipinski definition) is 2. The zero-order chi connectivity index (χ0) is 8.10. The van der Waals surface area contributed by atoms with Gasteiger partial charge in [-0.1, -0.05) is 18.2 Å². The number of carboxylic acid groups (broad SMARTS) is 1. The molecule has 12 heavy (non-hydrogen) atoms. The van der Waals surface area contributed by atoms with Crippen molar-refractivity contribution in [3.05, 3.63) is 30.3 Å². The molecule has 0 saturated heterocycles. The maximum atomic E-state index is 10.1. The molecule has 0 aliphatic rings. The van der Waals surface area contributed by atoms with E-state index in [1.807, 2.05) is 30.3 Å². The van der Waals surface area contributed by atoms with Gasteiger partial charge >= 0.3 is 57.4 Å². The van der Waals surface area contributed by atoms with E-state index in [-0.39, 0.29) is 59.4 Å². The minimum absolute atomic E-state index is 0. The molecule has 2 N–H and O–H groups in total. The summed E-state index contributed by atoms with van der Waals surface area (Å²) < 4.78 is 0. The largest absolute Gasteiger partial charge is 1.00 e. The van der Waals surface area contributed by atoms with Gasteiger partial charge in [-0.25, -0.2) is 0 Å². The van der Waals surface area contributed by atoms with Crippen molar-refractivity contribution in [2.24, 2.45) is 0 Å². The van der Waals surface area contributed by atoms with Crippen LogP contribution in [-0.2, 0) is 4.79 Å². The van der Waals surface area contributed by atoms with Crippen LogP contribution < -0.4 is 56.7 Å². The van der Waals surface area contributed by atoms with Crippen LogP contribution in [-0.4, -0.2) is 17.6 Å². The average molecular weight is 191 g/mol. The van der Waals surface area contributed by atoms with Gasteiger partial charge in [0.25, 0.3) is 0 Å². The van der Waals surface area contributed by atoms with E-state index < -0.39 is 5.97 Å². The number of benzene rings is 1. The van der Waals surface area contributed by atoms with E-state index in [1.165, 1.54) is 0 Å². The first-order chi connectivity index (χ1) is 5.29. The Morgan fingerprint density at radius 3 is 2.50 bits per heavy atom. The van der Waals surface area contributed by atoms with Crippen molar-refractivity contribution in [1.82, 2.24) is 0 Å². The minimum atomic E-state index is -0.853. The van der Waals surface area contributed by atoms with Crippen LogP contribution in [0.15, 0.2) is 30.3 Å². The first-order valence-corrected chi connectivity index (χ1v) is 3.30. The number of carboxylic acids is 1. The summed E-state index contributed by atoms with van der Waals surface area (Å²) in [7, 11) is 0. The second kappa shape index (κ2) is 6.62. The summed E-state index contributed by atoms with van der Waals surface area (Å²) >= 11 is 0. The van der Waals surface area contributed by atoms with Gasteiger partial charge in [-0.2, -0.15) is 0 Å². The van der Waals surface area contributed by atoms with Gasteiger partial charge in [0.05, 0.1) is 0 Å². The molecule has 3 nitrogen and oxygen atoms in total. The molecule has 0 radical (unpaired) electrons. The SMILES string of the molecule is O=C(O)CNc1ccccc1.[H-].[K+]. The Bertz CT molecular complexity index is 243. The number of aliphatic carboxylic acids is 1. The van der Waals surface area contributed by atoms with E-state index in [0.29, 0.717) is 0 Å². The van der Waals surface area contributed by atoms with Crippen molar-refractivity contribution in [2.45, 2.75) is 0 Å². The molecule has 4 heteroatoms. The van der Waals surface area contributed by atoms with Gasteiger partial charge in [0.1, 0.15) is 6.54 Å². The smallest absolute Gasteiger partial charge is 1.00 e. The van der Waals surface area contributed by atoms with Crippen molar-refractivity contribution in [3.8, 4) is 0 Å². The molecule has 0 bridgehead atoms. The third-order valence-electron chi connectivity index (χ3n) is 1.22. The summed E-state index contributed by atoms with van der Waals surface area (Å²) in [5, 5.41) is 11.1. The van der Waals surface area contributed by atoms with Crippen molar-refractivity contribution < 1.29 is 62.7 Å². The fraction of sp³-hybridized carbons (Fsp3) is 0.125. The molecule has 0 unspecified atom stereocenters. The Morgan fingerprint density at radius 1 is 1.42 bits per heavy atom. The molecular formula is C8H10KNO2. The van der Waals surface area contributed by atoms with Crippen molar-refractivity contribution in [3.63, 3.8) is 0 Å². The quantitative estimate of drug-likeness (QED) is 0.560. The Balaban J connectivity index is 0. The molecule has 0 fully saturated rings. The van der Waals surface area contributed by atoms with Crippen LogP contribution in [0.3, 0.4) is 0 Å². The molecule has 0 aliphatic carbocycles. The zero-order valence-corrected chi connectivity index (χ0v) is 10.1. The van der Waals surface area contributed by atoms with Crippen LogP contribution >= 0.6 is 0 Å². The van der Waals surface area contributed by atoms with E-state index in [1.54, 1.807) is 0 Å². The predicted octanol–water partition coefficient (Wildman–Crippen LogP) is -1.70. The van der Waals surface area contributed by atoms with Gasteiger partial charge in [0.15, 0.2) is 0 Å². The Labute approximate surface area is 115 Å². The Morgan fingerprint density at radius 2 is 2.00 bits per heavy atom. The molecule has 0 heterocycles. The molecule has 60 valence electrons. The van der Waals surface area contributed by atoms with Gasteiger partial charge in [-0.05, 0) is 12.1 Å². The molecule has 1 aromatic carbocycles. The average Bonchev–Trinajstić information content (AvgIpc) is 2.03. The maximum absolute atomic E-state index is 10.1. The first-order valence-electron chi connectivity index (χ1n) is 3.30. The predicted molar refractivity (Wildman–Crippen MR) is 43.7 cm³/mol. The molecule has 0 aliphatic heterocycles. The molecule has 0 saturated carbocycles. The Kier molecular flexibility index (Phi) is 6.69.